The number of nitrogens with zero attached hydrogens (tertiary/aromatic N) is 1. The zero-order chi connectivity index (χ0) is 18.1. The number of para-hydroxylation sites is 1. The van der Waals surface area contributed by atoms with E-state index in [2.05, 4.69) is 5.32 Å². The number of carbonyl (C=O) groups is 2. The smallest absolute Gasteiger partial charge is 0.323 e. The number of hydrogen-bond donors (Lipinski definition) is 2. The maximum Gasteiger partial charge on any atom is 0.323 e. The molecule has 0 heterocycles. The minimum absolute atomic E-state index is 0.0250. The number of carbonyl (C=O) groups excluding carboxylic acids is 1. The molecule has 6 heteroatoms. The lowest BCUT2D eigenvalue weighted by Gasteiger charge is -2.22. The largest absolute Gasteiger partial charge is 0.480 e. The van der Waals surface area contributed by atoms with Crippen LogP contribution in [0.25, 0.3) is 0 Å². The molecule has 2 N–H and O–H groups in total. The average Bonchev–Trinajstić information content (AvgIpc) is 2.61. The van der Waals surface area contributed by atoms with Crippen molar-refractivity contribution in [2.24, 2.45) is 0 Å². The molecule has 0 bridgehead atoms. The van der Waals surface area contributed by atoms with E-state index in [-0.39, 0.29) is 19.0 Å². The predicted molar refractivity (Wildman–Crippen MR) is 95.3 cm³/mol. The second-order valence-corrected chi connectivity index (χ2v) is 5.56. The maximum atomic E-state index is 12.3. The van der Waals surface area contributed by atoms with Gasteiger partial charge < -0.3 is 20.1 Å². The second kappa shape index (κ2) is 9.44. The molecule has 132 valence electrons. The highest BCUT2D eigenvalue weighted by Crippen LogP contribution is 2.13. The fraction of sp³-hybridized carbons (Fsp3) is 0.263. The van der Waals surface area contributed by atoms with Crippen molar-refractivity contribution in [1.29, 1.82) is 0 Å². The van der Waals surface area contributed by atoms with Crippen molar-refractivity contribution < 1.29 is 19.4 Å². The summed E-state index contributed by atoms with van der Waals surface area (Å²) in [7, 11) is 1.62. The molecular weight excluding hydrogens is 320 g/mol. The minimum atomic E-state index is -0.984. The highest BCUT2D eigenvalue weighted by molar-refractivity contribution is 5.84. The van der Waals surface area contributed by atoms with Gasteiger partial charge in [0.1, 0.15) is 6.54 Å². The van der Waals surface area contributed by atoms with Crippen LogP contribution in [0.5, 0.6) is 0 Å². The first-order valence-electron chi connectivity index (χ1n) is 7.94. The van der Waals surface area contributed by atoms with Gasteiger partial charge in [0.15, 0.2) is 0 Å². The fourth-order valence-electron chi connectivity index (χ4n) is 2.49. The first kappa shape index (κ1) is 18.5. The van der Waals surface area contributed by atoms with Crippen molar-refractivity contribution in [2.45, 2.75) is 13.2 Å². The predicted octanol–water partition coefficient (Wildman–Crippen LogP) is 2.04. The molecule has 2 aromatic carbocycles. The number of methoxy groups -OCH3 is 1. The Balaban J connectivity index is 1.98. The first-order valence-corrected chi connectivity index (χ1v) is 7.94. The lowest BCUT2D eigenvalue weighted by Crippen LogP contribution is -2.39. The van der Waals surface area contributed by atoms with Gasteiger partial charge in [0.05, 0.1) is 13.2 Å². The van der Waals surface area contributed by atoms with E-state index in [1.807, 2.05) is 42.5 Å². The Morgan fingerprint density at radius 3 is 2.28 bits per heavy atom. The molecule has 0 spiro atoms. The Labute approximate surface area is 147 Å². The lowest BCUT2D eigenvalue weighted by molar-refractivity contribution is -0.135. The van der Waals surface area contributed by atoms with Gasteiger partial charge in [0.2, 0.25) is 5.91 Å². The minimum Gasteiger partial charge on any atom is -0.480 e. The number of nitrogens with one attached hydrogen (secondary N) is 1. The zero-order valence-corrected chi connectivity index (χ0v) is 14.1. The van der Waals surface area contributed by atoms with E-state index in [1.165, 1.54) is 4.90 Å². The van der Waals surface area contributed by atoms with Crippen LogP contribution in [0.3, 0.4) is 0 Å². The van der Waals surface area contributed by atoms with Crippen LogP contribution < -0.4 is 10.2 Å². The molecule has 0 unspecified atom stereocenters. The summed E-state index contributed by atoms with van der Waals surface area (Å²) < 4.78 is 5.16. The van der Waals surface area contributed by atoms with Gasteiger partial charge in [0.25, 0.3) is 0 Å². The van der Waals surface area contributed by atoms with Crippen LogP contribution in [0.2, 0.25) is 0 Å². The Hall–Kier alpha value is -2.86. The quantitative estimate of drug-likeness (QED) is 0.729. The molecule has 0 radical (unpaired) electrons. The van der Waals surface area contributed by atoms with Crippen molar-refractivity contribution in [3.8, 4) is 0 Å². The topological polar surface area (TPSA) is 78.9 Å². The third kappa shape index (κ3) is 5.93. The Kier molecular flexibility index (Phi) is 6.98. The highest BCUT2D eigenvalue weighted by atomic mass is 16.5. The summed E-state index contributed by atoms with van der Waals surface area (Å²) in [4.78, 5) is 24.9. The SMILES string of the molecule is COCc1ccccc1CNC(=O)CN(CC(=O)O)c1ccccc1. The van der Waals surface area contributed by atoms with Crippen LogP contribution in [0.15, 0.2) is 54.6 Å². The molecule has 1 amide bonds. The number of amides is 1. The number of anilines is 1. The van der Waals surface area contributed by atoms with Gasteiger partial charge in [-0.05, 0) is 23.3 Å². The fourth-order valence-corrected chi connectivity index (χ4v) is 2.49. The Morgan fingerprint density at radius 2 is 1.64 bits per heavy atom. The number of carboxylic acids is 1. The summed E-state index contributed by atoms with van der Waals surface area (Å²) in [5.41, 5.74) is 2.68. The average molecular weight is 342 g/mol. The van der Waals surface area contributed by atoms with Crippen LogP contribution in [0.4, 0.5) is 5.69 Å². The van der Waals surface area contributed by atoms with E-state index < -0.39 is 5.97 Å². The van der Waals surface area contributed by atoms with Crippen LogP contribution in [0, 0.1) is 0 Å². The molecular formula is C19H22N2O4. The van der Waals surface area contributed by atoms with Crippen molar-refractivity contribution in [3.05, 3.63) is 65.7 Å². The molecule has 6 nitrogen and oxygen atoms in total. The van der Waals surface area contributed by atoms with Crippen LogP contribution in [0.1, 0.15) is 11.1 Å². The molecule has 0 fully saturated rings. The van der Waals surface area contributed by atoms with E-state index in [0.717, 1.165) is 11.1 Å². The molecule has 0 atom stereocenters. The molecule has 0 aliphatic carbocycles. The van der Waals surface area contributed by atoms with Gasteiger partial charge in [-0.1, -0.05) is 42.5 Å². The summed E-state index contributed by atoms with van der Waals surface area (Å²) in [5.74, 6) is -1.22. The summed E-state index contributed by atoms with van der Waals surface area (Å²) >= 11 is 0. The molecule has 25 heavy (non-hydrogen) atoms. The molecule has 0 saturated carbocycles. The third-order valence-corrected chi connectivity index (χ3v) is 3.68. The maximum absolute atomic E-state index is 12.3. The Bertz CT molecular complexity index is 704. The summed E-state index contributed by atoms with van der Waals surface area (Å²) in [5, 5.41) is 11.9. The van der Waals surface area contributed by atoms with Crippen molar-refractivity contribution in [1.82, 2.24) is 5.32 Å². The van der Waals surface area contributed by atoms with Gasteiger partial charge in [-0.3, -0.25) is 9.59 Å². The molecule has 0 aliphatic rings. The van der Waals surface area contributed by atoms with Gasteiger partial charge in [-0.2, -0.15) is 0 Å². The molecule has 0 aromatic heterocycles. The molecule has 2 rings (SSSR count). The van der Waals surface area contributed by atoms with Crippen molar-refractivity contribution in [2.75, 3.05) is 25.1 Å². The summed E-state index contributed by atoms with van der Waals surface area (Å²) in [6.45, 7) is 0.579. The van der Waals surface area contributed by atoms with E-state index in [0.29, 0.717) is 18.8 Å². The molecule has 0 saturated heterocycles. The van der Waals surface area contributed by atoms with E-state index in [4.69, 9.17) is 9.84 Å². The van der Waals surface area contributed by atoms with Gasteiger partial charge >= 0.3 is 5.97 Å². The van der Waals surface area contributed by atoms with Gasteiger partial charge in [0, 0.05) is 19.3 Å². The van der Waals surface area contributed by atoms with Gasteiger partial charge in [-0.25, -0.2) is 0 Å². The van der Waals surface area contributed by atoms with Gasteiger partial charge in [-0.15, -0.1) is 0 Å². The summed E-state index contributed by atoms with van der Waals surface area (Å²) in [6.07, 6.45) is 0. The number of carboxylic acid groups (broad SMARTS) is 1. The molecule has 2 aromatic rings. The van der Waals surface area contributed by atoms with Crippen molar-refractivity contribution in [3.63, 3.8) is 0 Å². The van der Waals surface area contributed by atoms with E-state index in [9.17, 15) is 9.59 Å². The first-order chi connectivity index (χ1) is 12.1. The number of hydrogen-bond acceptors (Lipinski definition) is 4. The zero-order valence-electron chi connectivity index (χ0n) is 14.1. The van der Waals surface area contributed by atoms with Crippen molar-refractivity contribution >= 4 is 17.6 Å². The lowest BCUT2D eigenvalue weighted by atomic mass is 10.1. The molecule has 0 aliphatic heterocycles. The van der Waals surface area contributed by atoms with Crippen LogP contribution in [-0.2, 0) is 27.5 Å². The number of ether oxygens (including phenoxy) is 1. The Morgan fingerprint density at radius 1 is 1.00 bits per heavy atom. The monoisotopic (exact) mass is 342 g/mol. The second-order valence-electron chi connectivity index (χ2n) is 5.56. The number of aliphatic carboxylic acids is 1. The standard InChI is InChI=1S/C19H22N2O4/c1-25-14-16-8-6-5-7-15(16)11-20-18(22)12-21(13-19(23)24)17-9-3-2-4-10-17/h2-10H,11-14H2,1H3,(H,20,22)(H,23,24). The third-order valence-electron chi connectivity index (χ3n) is 3.68. The van der Waals surface area contributed by atoms with Crippen LogP contribution in [-0.4, -0.2) is 37.2 Å². The van der Waals surface area contributed by atoms with E-state index >= 15 is 0 Å². The number of rotatable bonds is 9. The summed E-state index contributed by atoms with van der Waals surface area (Å²) in [6, 6.07) is 16.7. The normalized spacial score (nSPS) is 10.3. The highest BCUT2D eigenvalue weighted by Gasteiger charge is 2.14. The number of benzene rings is 2. The van der Waals surface area contributed by atoms with E-state index in [1.54, 1.807) is 19.2 Å². The van der Waals surface area contributed by atoms with Crippen LogP contribution >= 0.6 is 0 Å².